The fourth-order valence-electron chi connectivity index (χ4n) is 1.61. The molecule has 18 heavy (non-hydrogen) atoms. The van der Waals surface area contributed by atoms with Gasteiger partial charge in [-0.15, -0.1) is 0 Å². The van der Waals surface area contributed by atoms with Gasteiger partial charge in [0.25, 0.3) is 0 Å². The third kappa shape index (κ3) is 2.32. The maximum absolute atomic E-state index is 13.3. The van der Waals surface area contributed by atoms with Gasteiger partial charge < -0.3 is 15.8 Å². The summed E-state index contributed by atoms with van der Waals surface area (Å²) in [5.74, 6) is 0.831. The van der Waals surface area contributed by atoms with Gasteiger partial charge in [0.15, 0.2) is 0 Å². The molecule has 94 valence electrons. The highest BCUT2D eigenvalue weighted by Gasteiger charge is 2.11. The largest absolute Gasteiger partial charge is 0.496 e. The topological polar surface area (TPSA) is 73.1 Å². The number of hydrogen-bond acceptors (Lipinski definition) is 5. The quantitative estimate of drug-likeness (QED) is 0.868. The summed E-state index contributed by atoms with van der Waals surface area (Å²) < 4.78 is 18.5. The molecule has 0 amide bonds. The molecule has 0 spiro atoms. The third-order valence-corrected chi connectivity index (χ3v) is 2.44. The number of nitrogens with zero attached hydrogens (tertiary/aromatic N) is 2. The molecule has 1 aromatic carbocycles. The number of nitrogen functional groups attached to an aromatic ring is 1. The summed E-state index contributed by atoms with van der Waals surface area (Å²) in [6, 6.07) is 5.89. The van der Waals surface area contributed by atoms with Gasteiger partial charge in [-0.25, -0.2) is 9.37 Å². The molecule has 0 unspecified atom stereocenters. The lowest BCUT2D eigenvalue weighted by Crippen LogP contribution is -2.02. The first-order valence-electron chi connectivity index (χ1n) is 5.30. The lowest BCUT2D eigenvalue weighted by Gasteiger charge is -2.09. The summed E-state index contributed by atoms with van der Waals surface area (Å²) in [5, 5.41) is 2.86. The van der Waals surface area contributed by atoms with Crippen molar-refractivity contribution >= 4 is 11.8 Å². The molecular weight excluding hydrogens is 235 g/mol. The van der Waals surface area contributed by atoms with Crippen molar-refractivity contribution < 1.29 is 9.13 Å². The first kappa shape index (κ1) is 12.1. The minimum Gasteiger partial charge on any atom is -0.496 e. The van der Waals surface area contributed by atoms with Crippen molar-refractivity contribution in [3.05, 3.63) is 30.1 Å². The Morgan fingerprint density at radius 3 is 2.72 bits per heavy atom. The Hall–Kier alpha value is -2.37. The smallest absolute Gasteiger partial charge is 0.222 e. The Kier molecular flexibility index (Phi) is 3.27. The van der Waals surface area contributed by atoms with E-state index in [0.29, 0.717) is 22.8 Å². The first-order valence-corrected chi connectivity index (χ1v) is 5.30. The van der Waals surface area contributed by atoms with E-state index in [9.17, 15) is 4.39 Å². The molecule has 0 fully saturated rings. The second-order valence-corrected chi connectivity index (χ2v) is 3.59. The molecule has 0 aliphatic carbocycles. The van der Waals surface area contributed by atoms with Crippen LogP contribution in [0.3, 0.4) is 0 Å². The van der Waals surface area contributed by atoms with E-state index in [1.54, 1.807) is 19.2 Å². The van der Waals surface area contributed by atoms with Crippen molar-refractivity contribution in [2.24, 2.45) is 0 Å². The highest BCUT2D eigenvalue weighted by Crippen LogP contribution is 2.30. The number of rotatable bonds is 3. The van der Waals surface area contributed by atoms with Gasteiger partial charge in [0, 0.05) is 18.7 Å². The highest BCUT2D eigenvalue weighted by molar-refractivity contribution is 5.70. The Morgan fingerprint density at radius 1 is 1.28 bits per heavy atom. The molecule has 5 nitrogen and oxygen atoms in total. The van der Waals surface area contributed by atoms with Gasteiger partial charge in [-0.3, -0.25) is 0 Å². The van der Waals surface area contributed by atoms with Crippen LogP contribution in [0, 0.1) is 5.82 Å². The molecule has 0 atom stereocenters. The zero-order chi connectivity index (χ0) is 13.1. The van der Waals surface area contributed by atoms with Crippen molar-refractivity contribution in [3.63, 3.8) is 0 Å². The number of methoxy groups -OCH3 is 1. The van der Waals surface area contributed by atoms with Crippen LogP contribution in [0.5, 0.6) is 5.75 Å². The van der Waals surface area contributed by atoms with Crippen LogP contribution < -0.4 is 15.8 Å². The number of nitrogens with two attached hydrogens (primary N) is 1. The lowest BCUT2D eigenvalue weighted by atomic mass is 10.1. The van der Waals surface area contributed by atoms with Gasteiger partial charge in [-0.2, -0.15) is 4.98 Å². The van der Waals surface area contributed by atoms with Crippen LogP contribution in [0.2, 0.25) is 0 Å². The second kappa shape index (κ2) is 4.87. The van der Waals surface area contributed by atoms with Crippen molar-refractivity contribution in [2.75, 3.05) is 25.2 Å². The van der Waals surface area contributed by atoms with Gasteiger partial charge in [0.05, 0.1) is 12.8 Å². The average Bonchev–Trinajstić information content (AvgIpc) is 2.38. The van der Waals surface area contributed by atoms with Crippen molar-refractivity contribution in [2.45, 2.75) is 0 Å². The van der Waals surface area contributed by atoms with Gasteiger partial charge in [-0.1, -0.05) is 0 Å². The summed E-state index contributed by atoms with van der Waals surface area (Å²) in [7, 11) is 3.23. The average molecular weight is 248 g/mol. The Balaban J connectivity index is 2.60. The SMILES string of the molecule is CNc1cc(-c2cc(F)ccc2OC)nc(N)n1. The van der Waals surface area contributed by atoms with E-state index in [4.69, 9.17) is 10.5 Å². The number of ether oxygens (including phenoxy) is 1. The molecule has 3 N–H and O–H groups in total. The standard InChI is InChI=1S/C12H13FN4O/c1-15-11-6-9(16-12(14)17-11)8-5-7(13)3-4-10(8)18-2/h3-6H,1-2H3,(H3,14,15,16,17). The van der Waals surface area contributed by atoms with E-state index < -0.39 is 0 Å². The molecule has 0 radical (unpaired) electrons. The highest BCUT2D eigenvalue weighted by atomic mass is 19.1. The predicted molar refractivity (Wildman–Crippen MR) is 67.9 cm³/mol. The summed E-state index contributed by atoms with van der Waals surface area (Å²) >= 11 is 0. The molecule has 1 heterocycles. The molecule has 0 aliphatic heterocycles. The van der Waals surface area contributed by atoms with E-state index in [2.05, 4.69) is 15.3 Å². The Labute approximate surface area is 104 Å². The molecule has 0 saturated heterocycles. The second-order valence-electron chi connectivity index (χ2n) is 3.59. The molecular formula is C12H13FN4O. The van der Waals surface area contributed by atoms with Crippen LogP contribution in [0.4, 0.5) is 16.2 Å². The summed E-state index contributed by atoms with van der Waals surface area (Å²) in [6.07, 6.45) is 0. The van der Waals surface area contributed by atoms with Crippen LogP contribution >= 0.6 is 0 Å². The normalized spacial score (nSPS) is 10.2. The maximum atomic E-state index is 13.3. The zero-order valence-corrected chi connectivity index (χ0v) is 10.1. The van der Waals surface area contributed by atoms with Gasteiger partial charge in [-0.05, 0) is 18.2 Å². The van der Waals surface area contributed by atoms with Gasteiger partial charge in [0.2, 0.25) is 5.95 Å². The van der Waals surface area contributed by atoms with Gasteiger partial charge in [0.1, 0.15) is 17.4 Å². The van der Waals surface area contributed by atoms with Crippen LogP contribution in [0.25, 0.3) is 11.3 Å². The number of aromatic nitrogens is 2. The van der Waals surface area contributed by atoms with Crippen LogP contribution in [0.15, 0.2) is 24.3 Å². The molecule has 1 aromatic heterocycles. The number of nitrogens with one attached hydrogen (secondary N) is 1. The molecule has 6 heteroatoms. The fourth-order valence-corrected chi connectivity index (χ4v) is 1.61. The maximum Gasteiger partial charge on any atom is 0.222 e. The van der Waals surface area contributed by atoms with E-state index in [-0.39, 0.29) is 11.8 Å². The van der Waals surface area contributed by atoms with E-state index >= 15 is 0 Å². The minimum atomic E-state index is -0.367. The van der Waals surface area contributed by atoms with Crippen molar-refractivity contribution in [3.8, 4) is 17.0 Å². The summed E-state index contributed by atoms with van der Waals surface area (Å²) in [5.41, 5.74) is 6.64. The van der Waals surface area contributed by atoms with Crippen molar-refractivity contribution in [1.29, 1.82) is 0 Å². The predicted octanol–water partition coefficient (Wildman–Crippen LogP) is 1.92. The molecule has 2 rings (SSSR count). The lowest BCUT2D eigenvalue weighted by molar-refractivity contribution is 0.415. The van der Waals surface area contributed by atoms with Crippen LogP contribution in [-0.2, 0) is 0 Å². The van der Waals surface area contributed by atoms with Crippen LogP contribution in [0.1, 0.15) is 0 Å². The number of halogens is 1. The summed E-state index contributed by atoms with van der Waals surface area (Å²) in [4.78, 5) is 8.06. The fraction of sp³-hybridized carbons (Fsp3) is 0.167. The third-order valence-electron chi connectivity index (χ3n) is 2.44. The Bertz CT molecular complexity index is 574. The van der Waals surface area contributed by atoms with Crippen LogP contribution in [-0.4, -0.2) is 24.1 Å². The number of hydrogen-bond donors (Lipinski definition) is 2. The molecule has 0 aliphatic rings. The Morgan fingerprint density at radius 2 is 2.06 bits per heavy atom. The first-order chi connectivity index (χ1) is 8.63. The molecule has 0 saturated carbocycles. The monoisotopic (exact) mass is 248 g/mol. The van der Waals surface area contributed by atoms with E-state index in [1.165, 1.54) is 19.2 Å². The summed E-state index contributed by atoms with van der Waals surface area (Å²) in [6.45, 7) is 0. The van der Waals surface area contributed by atoms with E-state index in [1.807, 2.05) is 0 Å². The van der Waals surface area contributed by atoms with Crippen molar-refractivity contribution in [1.82, 2.24) is 9.97 Å². The molecule has 2 aromatic rings. The van der Waals surface area contributed by atoms with E-state index in [0.717, 1.165) is 0 Å². The number of benzene rings is 1. The zero-order valence-electron chi connectivity index (χ0n) is 10.1. The number of anilines is 2. The minimum absolute atomic E-state index is 0.114. The van der Waals surface area contributed by atoms with Gasteiger partial charge >= 0.3 is 0 Å². The molecule has 0 bridgehead atoms.